The van der Waals surface area contributed by atoms with Crippen molar-refractivity contribution in [3.05, 3.63) is 23.7 Å². The number of amides is 1. The van der Waals surface area contributed by atoms with Crippen LogP contribution in [0.1, 0.15) is 29.2 Å². The molecule has 1 aromatic heterocycles. The SMILES string of the molecule is CS(=O)(=O)N1CCC[C@@H]1C(=O)NCc1ccc(C(=O)O)o1. The molecule has 0 bridgehead atoms. The summed E-state index contributed by atoms with van der Waals surface area (Å²) in [6.45, 7) is 0.348. The molecular formula is C12H16N2O6S. The number of rotatable bonds is 5. The second kappa shape index (κ2) is 5.86. The van der Waals surface area contributed by atoms with Crippen LogP contribution in [0.4, 0.5) is 0 Å². The number of hydrogen-bond acceptors (Lipinski definition) is 5. The van der Waals surface area contributed by atoms with Gasteiger partial charge in [0.1, 0.15) is 11.8 Å². The summed E-state index contributed by atoms with van der Waals surface area (Å²) in [4.78, 5) is 22.7. The van der Waals surface area contributed by atoms with Gasteiger partial charge < -0.3 is 14.8 Å². The van der Waals surface area contributed by atoms with Crippen LogP contribution in [0.5, 0.6) is 0 Å². The fourth-order valence-electron chi connectivity index (χ4n) is 2.28. The molecule has 0 unspecified atom stereocenters. The predicted molar refractivity (Wildman–Crippen MR) is 72.1 cm³/mol. The van der Waals surface area contributed by atoms with Crippen molar-refractivity contribution in [2.24, 2.45) is 0 Å². The van der Waals surface area contributed by atoms with Gasteiger partial charge >= 0.3 is 5.97 Å². The highest BCUT2D eigenvalue weighted by Gasteiger charge is 2.36. The van der Waals surface area contributed by atoms with E-state index in [1.54, 1.807) is 0 Å². The van der Waals surface area contributed by atoms with Crippen LogP contribution >= 0.6 is 0 Å². The third-order valence-electron chi connectivity index (χ3n) is 3.24. The van der Waals surface area contributed by atoms with Gasteiger partial charge in [-0.2, -0.15) is 4.31 Å². The Morgan fingerprint density at radius 3 is 2.76 bits per heavy atom. The van der Waals surface area contributed by atoms with Gasteiger partial charge in [0.2, 0.25) is 21.7 Å². The standard InChI is InChI=1S/C12H16N2O6S/c1-21(18,19)14-6-2-3-9(14)11(15)13-7-8-4-5-10(20-8)12(16)17/h4-5,9H,2-3,6-7H2,1H3,(H,13,15)(H,16,17)/t9-/m1/s1. The number of aromatic carboxylic acids is 1. The molecule has 2 rings (SSSR count). The van der Waals surface area contributed by atoms with Crippen molar-refractivity contribution < 1.29 is 27.5 Å². The first-order valence-corrected chi connectivity index (χ1v) is 8.20. The molecule has 1 aromatic rings. The third-order valence-corrected chi connectivity index (χ3v) is 4.53. The van der Waals surface area contributed by atoms with Gasteiger partial charge in [-0.25, -0.2) is 13.2 Å². The second-order valence-electron chi connectivity index (χ2n) is 4.82. The smallest absolute Gasteiger partial charge is 0.371 e. The van der Waals surface area contributed by atoms with Gasteiger partial charge in [0, 0.05) is 6.54 Å². The average molecular weight is 316 g/mol. The fourth-order valence-corrected chi connectivity index (χ4v) is 3.40. The largest absolute Gasteiger partial charge is 0.475 e. The molecule has 116 valence electrons. The van der Waals surface area contributed by atoms with E-state index in [0.29, 0.717) is 25.1 Å². The molecule has 1 amide bonds. The summed E-state index contributed by atoms with van der Waals surface area (Å²) < 4.78 is 29.3. The van der Waals surface area contributed by atoms with Crippen LogP contribution in [0, 0.1) is 0 Å². The van der Waals surface area contributed by atoms with Crippen LogP contribution in [0.15, 0.2) is 16.5 Å². The van der Waals surface area contributed by atoms with Crippen LogP contribution < -0.4 is 5.32 Å². The van der Waals surface area contributed by atoms with Crippen molar-refractivity contribution in [1.82, 2.24) is 9.62 Å². The first-order chi connectivity index (χ1) is 9.79. The summed E-state index contributed by atoms with van der Waals surface area (Å²) in [7, 11) is -3.42. The number of carboxylic acids is 1. The summed E-state index contributed by atoms with van der Waals surface area (Å²) in [5, 5.41) is 11.3. The molecule has 8 nitrogen and oxygen atoms in total. The Morgan fingerprint density at radius 2 is 2.19 bits per heavy atom. The molecule has 0 saturated carbocycles. The van der Waals surface area contributed by atoms with Gasteiger partial charge in [-0.1, -0.05) is 0 Å². The van der Waals surface area contributed by atoms with Crippen LogP contribution in [0.2, 0.25) is 0 Å². The molecule has 0 radical (unpaired) electrons. The Kier molecular flexibility index (Phi) is 4.33. The minimum absolute atomic E-state index is 0.0141. The topological polar surface area (TPSA) is 117 Å². The molecular weight excluding hydrogens is 300 g/mol. The lowest BCUT2D eigenvalue weighted by atomic mass is 10.2. The van der Waals surface area contributed by atoms with Crippen molar-refractivity contribution in [3.63, 3.8) is 0 Å². The number of nitrogens with zero attached hydrogens (tertiary/aromatic N) is 1. The lowest BCUT2D eigenvalue weighted by Crippen LogP contribution is -2.45. The van der Waals surface area contributed by atoms with Gasteiger partial charge in [-0.05, 0) is 25.0 Å². The number of nitrogens with one attached hydrogen (secondary N) is 1. The maximum atomic E-state index is 12.0. The van der Waals surface area contributed by atoms with Crippen molar-refractivity contribution in [2.45, 2.75) is 25.4 Å². The lowest BCUT2D eigenvalue weighted by Gasteiger charge is -2.21. The van der Waals surface area contributed by atoms with E-state index < -0.39 is 27.9 Å². The maximum Gasteiger partial charge on any atom is 0.371 e. The van der Waals surface area contributed by atoms with Gasteiger partial charge in [0.25, 0.3) is 0 Å². The van der Waals surface area contributed by atoms with Crippen LogP contribution in [-0.2, 0) is 21.4 Å². The number of hydrogen-bond donors (Lipinski definition) is 2. The number of carbonyl (C=O) groups excluding carboxylic acids is 1. The van der Waals surface area contributed by atoms with E-state index in [1.807, 2.05) is 0 Å². The molecule has 0 aromatic carbocycles. The zero-order valence-corrected chi connectivity index (χ0v) is 12.2. The van der Waals surface area contributed by atoms with E-state index in [4.69, 9.17) is 9.52 Å². The molecule has 1 aliphatic heterocycles. The zero-order valence-electron chi connectivity index (χ0n) is 11.4. The molecule has 1 fully saturated rings. The third kappa shape index (κ3) is 3.61. The monoisotopic (exact) mass is 316 g/mol. The van der Waals surface area contributed by atoms with Gasteiger partial charge in [0.05, 0.1) is 12.8 Å². The molecule has 0 aliphatic carbocycles. The Hall–Kier alpha value is -1.87. The Morgan fingerprint density at radius 1 is 1.48 bits per heavy atom. The molecule has 0 spiro atoms. The van der Waals surface area contributed by atoms with Gasteiger partial charge in [-0.3, -0.25) is 4.79 Å². The summed E-state index contributed by atoms with van der Waals surface area (Å²) in [6, 6.07) is 2.03. The van der Waals surface area contributed by atoms with Crippen LogP contribution in [0.25, 0.3) is 0 Å². The first kappa shape index (κ1) is 15.5. The lowest BCUT2D eigenvalue weighted by molar-refractivity contribution is -0.124. The minimum atomic E-state index is -3.42. The highest BCUT2D eigenvalue weighted by atomic mass is 32.2. The van der Waals surface area contributed by atoms with E-state index in [9.17, 15) is 18.0 Å². The number of sulfonamides is 1. The molecule has 1 saturated heterocycles. The van der Waals surface area contributed by atoms with Gasteiger partial charge in [-0.15, -0.1) is 0 Å². The Balaban J connectivity index is 1.96. The fraction of sp³-hybridized carbons (Fsp3) is 0.500. The van der Waals surface area contributed by atoms with Crippen LogP contribution in [0.3, 0.4) is 0 Å². The Bertz CT molecular complexity index is 650. The minimum Gasteiger partial charge on any atom is -0.475 e. The molecule has 1 aliphatic rings. The maximum absolute atomic E-state index is 12.0. The van der Waals surface area contributed by atoms with E-state index in [-0.39, 0.29) is 12.3 Å². The number of carboxylic acid groups (broad SMARTS) is 1. The number of furan rings is 1. The molecule has 2 N–H and O–H groups in total. The van der Waals surface area contributed by atoms with E-state index >= 15 is 0 Å². The second-order valence-corrected chi connectivity index (χ2v) is 6.76. The Labute approximate surface area is 121 Å². The van der Waals surface area contributed by atoms with Crippen molar-refractivity contribution in [3.8, 4) is 0 Å². The first-order valence-electron chi connectivity index (χ1n) is 6.35. The normalized spacial score (nSPS) is 19.6. The van der Waals surface area contributed by atoms with Crippen LogP contribution in [-0.4, -0.2) is 48.5 Å². The molecule has 9 heteroatoms. The number of carbonyl (C=O) groups is 2. The van der Waals surface area contributed by atoms with E-state index in [0.717, 1.165) is 6.26 Å². The quantitative estimate of drug-likeness (QED) is 0.791. The van der Waals surface area contributed by atoms with E-state index in [2.05, 4.69) is 5.32 Å². The van der Waals surface area contributed by atoms with Crippen molar-refractivity contribution >= 4 is 21.9 Å². The molecule has 21 heavy (non-hydrogen) atoms. The summed E-state index contributed by atoms with van der Waals surface area (Å²) in [5.74, 6) is -1.51. The van der Waals surface area contributed by atoms with Crippen molar-refractivity contribution in [2.75, 3.05) is 12.8 Å². The molecule has 1 atom stereocenters. The summed E-state index contributed by atoms with van der Waals surface area (Å²) in [6.07, 6.45) is 2.18. The highest BCUT2D eigenvalue weighted by molar-refractivity contribution is 7.88. The van der Waals surface area contributed by atoms with Crippen molar-refractivity contribution in [1.29, 1.82) is 0 Å². The summed E-state index contributed by atoms with van der Waals surface area (Å²) in [5.41, 5.74) is 0. The van der Waals surface area contributed by atoms with Gasteiger partial charge in [0.15, 0.2) is 0 Å². The zero-order chi connectivity index (χ0) is 15.6. The molecule has 2 heterocycles. The predicted octanol–water partition coefficient (Wildman–Crippen LogP) is 0.0180. The summed E-state index contributed by atoms with van der Waals surface area (Å²) >= 11 is 0. The average Bonchev–Trinajstić information content (AvgIpc) is 3.04. The highest BCUT2D eigenvalue weighted by Crippen LogP contribution is 2.20. The van der Waals surface area contributed by atoms with E-state index in [1.165, 1.54) is 16.4 Å².